The first-order valence-electron chi connectivity index (χ1n) is 6.53. The van der Waals surface area contributed by atoms with Gasteiger partial charge in [0.05, 0.1) is 5.60 Å². The average molecular weight is 308 g/mol. The van der Waals surface area contributed by atoms with E-state index in [4.69, 9.17) is 4.43 Å². The molecule has 19 heavy (non-hydrogen) atoms. The van der Waals surface area contributed by atoms with Gasteiger partial charge in [-0.2, -0.15) is 13.2 Å². The van der Waals surface area contributed by atoms with E-state index in [1.807, 2.05) is 18.3 Å². The van der Waals surface area contributed by atoms with Gasteiger partial charge in [0.25, 0.3) is 0 Å². The molecule has 0 N–H and O–H groups in total. The molecule has 1 rings (SSSR count). The van der Waals surface area contributed by atoms with E-state index in [0.29, 0.717) is 6.42 Å². The topological polar surface area (TPSA) is 9.23 Å². The molecular formula is C13H23F3OSi2. The third kappa shape index (κ3) is 3.61. The van der Waals surface area contributed by atoms with Crippen LogP contribution in [0.2, 0.25) is 19.1 Å². The molecule has 0 aromatic heterocycles. The van der Waals surface area contributed by atoms with Crippen molar-refractivity contribution in [1.82, 2.24) is 0 Å². The lowest BCUT2D eigenvalue weighted by molar-refractivity contribution is -0.144. The number of hydrogen-bond acceptors (Lipinski definition) is 1. The first-order valence-corrected chi connectivity index (χ1v) is 12.8. The molecule has 1 saturated heterocycles. The van der Waals surface area contributed by atoms with Crippen molar-refractivity contribution >= 4 is 15.4 Å². The fourth-order valence-corrected chi connectivity index (χ4v) is 12.7. The molecule has 0 aromatic carbocycles. The van der Waals surface area contributed by atoms with Crippen LogP contribution < -0.4 is 0 Å². The molecule has 1 nitrogen and oxygen atoms in total. The molecule has 0 bridgehead atoms. The van der Waals surface area contributed by atoms with Crippen LogP contribution in [0.4, 0.5) is 13.2 Å². The quantitative estimate of drug-likeness (QED) is 0.685. The summed E-state index contributed by atoms with van der Waals surface area (Å²) in [7, 11) is -3.93. The minimum Gasteiger partial charge on any atom is -0.410 e. The Hall–Kier alpha value is -0.336. The minimum atomic E-state index is -4.12. The molecular weight excluding hydrogens is 285 g/mol. The summed E-state index contributed by atoms with van der Waals surface area (Å²) in [6.07, 6.45) is -4.17. The van der Waals surface area contributed by atoms with E-state index in [2.05, 4.69) is 26.3 Å². The van der Waals surface area contributed by atoms with Crippen LogP contribution in [-0.4, -0.2) is 27.2 Å². The van der Waals surface area contributed by atoms with Crippen LogP contribution in [0.1, 0.15) is 26.2 Å². The number of hydrogen-bond donors (Lipinski definition) is 0. The molecule has 6 heteroatoms. The summed E-state index contributed by atoms with van der Waals surface area (Å²) in [5, 5.41) is 0. The summed E-state index contributed by atoms with van der Waals surface area (Å²) in [6, 6.07) is 0.944. The van der Waals surface area contributed by atoms with Crippen LogP contribution in [-0.2, 0) is 4.43 Å². The zero-order valence-electron chi connectivity index (χ0n) is 11.9. The summed E-state index contributed by atoms with van der Waals surface area (Å²) in [5.74, 6) is 0. The highest BCUT2D eigenvalue weighted by atomic mass is 29.3. The van der Waals surface area contributed by atoms with Gasteiger partial charge in [0.15, 0.2) is 0 Å². The highest BCUT2D eigenvalue weighted by Crippen LogP contribution is 2.43. The van der Waals surface area contributed by atoms with Crippen molar-refractivity contribution < 1.29 is 17.6 Å². The molecule has 110 valence electrons. The first-order chi connectivity index (χ1) is 8.49. The maximum Gasteiger partial charge on any atom is 0.389 e. The van der Waals surface area contributed by atoms with Crippen LogP contribution in [0.25, 0.3) is 0 Å². The third-order valence-electron chi connectivity index (χ3n) is 4.54. The second-order valence-corrected chi connectivity index (χ2v) is 19.1. The van der Waals surface area contributed by atoms with Crippen LogP contribution in [0, 0.1) is 0 Å². The number of rotatable bonds is 4. The lowest BCUT2D eigenvalue weighted by Gasteiger charge is -2.51. The minimum absolute atomic E-state index is 0.0363. The van der Waals surface area contributed by atoms with Crippen molar-refractivity contribution in [3.63, 3.8) is 0 Å². The Morgan fingerprint density at radius 1 is 1.26 bits per heavy atom. The van der Waals surface area contributed by atoms with E-state index >= 15 is 0 Å². The van der Waals surface area contributed by atoms with Gasteiger partial charge in [-0.05, 0) is 26.3 Å². The second-order valence-electron chi connectivity index (χ2n) is 6.10. The zero-order chi connectivity index (χ0) is 14.9. The summed E-state index contributed by atoms with van der Waals surface area (Å²) in [5.41, 5.74) is 3.23. The molecule has 1 aliphatic rings. The molecule has 1 heterocycles. The van der Waals surface area contributed by atoms with E-state index in [-0.39, 0.29) is 6.42 Å². The molecule has 0 aliphatic carbocycles. The van der Waals surface area contributed by atoms with Crippen LogP contribution in [0.15, 0.2) is 24.6 Å². The van der Waals surface area contributed by atoms with Gasteiger partial charge in [-0.3, -0.25) is 0 Å². The molecule has 1 aliphatic heterocycles. The molecule has 3 unspecified atom stereocenters. The lowest BCUT2D eigenvalue weighted by Crippen LogP contribution is -2.66. The van der Waals surface area contributed by atoms with E-state index in [0.717, 1.165) is 6.04 Å². The Morgan fingerprint density at radius 2 is 1.84 bits per heavy atom. The van der Waals surface area contributed by atoms with Gasteiger partial charge in [0.1, 0.15) is 7.59 Å². The lowest BCUT2D eigenvalue weighted by atomic mass is 9.97. The Kier molecular flexibility index (Phi) is 4.59. The maximum atomic E-state index is 12.4. The maximum absolute atomic E-state index is 12.4. The summed E-state index contributed by atoms with van der Waals surface area (Å²) >= 11 is 0. The molecule has 0 amide bonds. The highest BCUT2D eigenvalue weighted by Gasteiger charge is 2.54. The SMILES string of the molecule is C=C[Si]1(C)CCC(C)(CCC(F)(F)F)O[Si]1(C)C=C. The van der Waals surface area contributed by atoms with Gasteiger partial charge in [0.2, 0.25) is 7.83 Å². The summed E-state index contributed by atoms with van der Waals surface area (Å²) < 4.78 is 43.4. The third-order valence-corrected chi connectivity index (χ3v) is 19.8. The normalized spacial score (nSPS) is 39.9. The van der Waals surface area contributed by atoms with Crippen LogP contribution >= 0.6 is 0 Å². The summed E-state index contributed by atoms with van der Waals surface area (Å²) in [6.45, 7) is 13.9. The predicted molar refractivity (Wildman–Crippen MR) is 77.8 cm³/mol. The van der Waals surface area contributed by atoms with Gasteiger partial charge in [-0.1, -0.05) is 18.3 Å². The number of alkyl halides is 3. The van der Waals surface area contributed by atoms with Gasteiger partial charge < -0.3 is 4.43 Å². The first kappa shape index (κ1) is 16.7. The van der Waals surface area contributed by atoms with Crippen molar-refractivity contribution in [2.24, 2.45) is 0 Å². The Balaban J connectivity index is 2.88. The standard InChI is InChI=1S/C13H23F3OSi2/c1-6-18(4)11-10-12(3,8-9-13(14,15)16)17-19(18,5)7-2/h6-7H,1-2,8-11H2,3-5H3. The van der Waals surface area contributed by atoms with Crippen molar-refractivity contribution in [1.29, 1.82) is 0 Å². The largest absolute Gasteiger partial charge is 0.410 e. The van der Waals surface area contributed by atoms with Crippen LogP contribution in [0.5, 0.6) is 0 Å². The number of halogens is 3. The molecule has 0 spiro atoms. The van der Waals surface area contributed by atoms with E-state index in [1.54, 1.807) is 0 Å². The smallest absolute Gasteiger partial charge is 0.389 e. The zero-order valence-corrected chi connectivity index (χ0v) is 13.9. The van der Waals surface area contributed by atoms with Gasteiger partial charge in [-0.15, -0.1) is 18.9 Å². The van der Waals surface area contributed by atoms with E-state index < -0.39 is 33.6 Å². The van der Waals surface area contributed by atoms with Crippen molar-refractivity contribution in [3.8, 4) is 0 Å². The van der Waals surface area contributed by atoms with E-state index in [9.17, 15) is 13.2 Å². The fraction of sp³-hybridized carbons (Fsp3) is 0.692. The molecule has 3 atom stereocenters. The Morgan fingerprint density at radius 3 is 2.26 bits per heavy atom. The molecule has 0 saturated carbocycles. The Bertz CT molecular complexity index is 371. The monoisotopic (exact) mass is 308 g/mol. The van der Waals surface area contributed by atoms with Crippen LogP contribution in [0.3, 0.4) is 0 Å². The van der Waals surface area contributed by atoms with Gasteiger partial charge in [0, 0.05) is 6.42 Å². The fourth-order valence-electron chi connectivity index (χ4n) is 2.61. The van der Waals surface area contributed by atoms with Gasteiger partial charge >= 0.3 is 6.18 Å². The predicted octanol–water partition coefficient (Wildman–Crippen LogP) is 4.69. The molecule has 1 fully saturated rings. The van der Waals surface area contributed by atoms with Crippen molar-refractivity contribution in [3.05, 3.63) is 24.6 Å². The molecule has 0 radical (unpaired) electrons. The Labute approximate surface area is 115 Å². The second kappa shape index (κ2) is 5.22. The van der Waals surface area contributed by atoms with Crippen molar-refractivity contribution in [2.75, 3.05) is 0 Å². The van der Waals surface area contributed by atoms with Gasteiger partial charge in [-0.25, -0.2) is 0 Å². The highest BCUT2D eigenvalue weighted by molar-refractivity contribution is 7.43. The summed E-state index contributed by atoms with van der Waals surface area (Å²) in [4.78, 5) is 0. The molecule has 0 aromatic rings. The van der Waals surface area contributed by atoms with Crippen molar-refractivity contribution in [2.45, 2.75) is 57.1 Å². The average Bonchev–Trinajstić information content (AvgIpc) is 2.32. The van der Waals surface area contributed by atoms with E-state index in [1.165, 1.54) is 0 Å².